The zero-order valence-electron chi connectivity index (χ0n) is 12.5. The van der Waals surface area contributed by atoms with Crippen molar-refractivity contribution in [3.05, 3.63) is 51.9 Å². The number of hydrogen-bond donors (Lipinski definition) is 1. The molecule has 1 fully saturated rings. The Bertz CT molecular complexity index is 687. The van der Waals surface area contributed by atoms with Gasteiger partial charge in [0.25, 0.3) is 5.56 Å². The molecule has 3 rings (SSSR count). The summed E-state index contributed by atoms with van der Waals surface area (Å²) < 4.78 is 0. The third kappa shape index (κ3) is 3.07. The summed E-state index contributed by atoms with van der Waals surface area (Å²) in [7, 11) is 0. The fourth-order valence-electron chi connectivity index (χ4n) is 2.71. The molecule has 0 atom stereocenters. The smallest absolute Gasteiger partial charge is 0.252 e. The first-order valence-corrected chi connectivity index (χ1v) is 7.26. The van der Waals surface area contributed by atoms with E-state index in [4.69, 9.17) is 0 Å². The molecule has 2 heterocycles. The van der Waals surface area contributed by atoms with Gasteiger partial charge in [-0.3, -0.25) is 9.78 Å². The Balaban J connectivity index is 1.71. The van der Waals surface area contributed by atoms with Crippen LogP contribution in [0.2, 0.25) is 0 Å². The summed E-state index contributed by atoms with van der Waals surface area (Å²) in [5.74, 6) is 0.684. The van der Waals surface area contributed by atoms with Gasteiger partial charge in [0.15, 0.2) is 0 Å². The molecule has 0 radical (unpaired) electrons. The molecule has 5 heteroatoms. The van der Waals surface area contributed by atoms with Gasteiger partial charge < -0.3 is 9.80 Å². The lowest BCUT2D eigenvalue weighted by atomic mass is 10.2. The SMILES string of the molecule is Cc1cccc(N2CCN(c3nc(C)cc(=O)[nH]3)CC2)c1. The Morgan fingerprint density at radius 3 is 2.43 bits per heavy atom. The highest BCUT2D eigenvalue weighted by molar-refractivity contribution is 5.50. The molecule has 1 aromatic heterocycles. The second kappa shape index (κ2) is 5.60. The van der Waals surface area contributed by atoms with Crippen molar-refractivity contribution >= 4 is 11.6 Å². The first-order valence-electron chi connectivity index (χ1n) is 7.26. The predicted molar refractivity (Wildman–Crippen MR) is 85.2 cm³/mol. The molecular formula is C16H20N4O. The van der Waals surface area contributed by atoms with E-state index in [2.05, 4.69) is 51.0 Å². The number of aromatic amines is 1. The van der Waals surface area contributed by atoms with E-state index < -0.39 is 0 Å². The van der Waals surface area contributed by atoms with Crippen LogP contribution in [-0.2, 0) is 0 Å². The number of rotatable bonds is 2. The second-order valence-electron chi connectivity index (χ2n) is 5.52. The van der Waals surface area contributed by atoms with Crippen LogP contribution in [0.4, 0.5) is 11.6 Å². The average Bonchev–Trinajstić information content (AvgIpc) is 2.46. The molecule has 21 heavy (non-hydrogen) atoms. The monoisotopic (exact) mass is 284 g/mol. The molecule has 0 saturated carbocycles. The number of aryl methyl sites for hydroxylation is 2. The third-order valence-corrected chi connectivity index (χ3v) is 3.80. The molecule has 1 aromatic carbocycles. The highest BCUT2D eigenvalue weighted by Crippen LogP contribution is 2.19. The summed E-state index contributed by atoms with van der Waals surface area (Å²) in [4.78, 5) is 23.3. The van der Waals surface area contributed by atoms with Crippen LogP contribution in [0, 0.1) is 13.8 Å². The molecule has 0 bridgehead atoms. The van der Waals surface area contributed by atoms with E-state index in [1.165, 1.54) is 17.3 Å². The molecule has 5 nitrogen and oxygen atoms in total. The van der Waals surface area contributed by atoms with Crippen LogP contribution in [0.1, 0.15) is 11.3 Å². The minimum atomic E-state index is -0.0846. The first kappa shape index (κ1) is 13.7. The fraction of sp³-hybridized carbons (Fsp3) is 0.375. The maximum atomic E-state index is 11.5. The lowest BCUT2D eigenvalue weighted by Crippen LogP contribution is -2.47. The third-order valence-electron chi connectivity index (χ3n) is 3.80. The van der Waals surface area contributed by atoms with Gasteiger partial charge in [-0.1, -0.05) is 12.1 Å². The van der Waals surface area contributed by atoms with Crippen LogP contribution in [0.25, 0.3) is 0 Å². The summed E-state index contributed by atoms with van der Waals surface area (Å²) in [6.45, 7) is 7.55. The van der Waals surface area contributed by atoms with Crippen LogP contribution in [0.15, 0.2) is 35.1 Å². The van der Waals surface area contributed by atoms with E-state index >= 15 is 0 Å². The summed E-state index contributed by atoms with van der Waals surface area (Å²) >= 11 is 0. The summed E-state index contributed by atoms with van der Waals surface area (Å²) in [5, 5.41) is 0. The van der Waals surface area contributed by atoms with Crippen LogP contribution < -0.4 is 15.4 Å². The minimum Gasteiger partial charge on any atom is -0.368 e. The molecule has 1 N–H and O–H groups in total. The Hall–Kier alpha value is -2.30. The lowest BCUT2D eigenvalue weighted by molar-refractivity contribution is 0.638. The van der Waals surface area contributed by atoms with Gasteiger partial charge in [0.05, 0.1) is 0 Å². The van der Waals surface area contributed by atoms with Gasteiger partial charge in [-0.25, -0.2) is 4.98 Å². The lowest BCUT2D eigenvalue weighted by Gasteiger charge is -2.36. The highest BCUT2D eigenvalue weighted by Gasteiger charge is 2.19. The van der Waals surface area contributed by atoms with Crippen LogP contribution in [0.5, 0.6) is 0 Å². The van der Waals surface area contributed by atoms with Crippen molar-refractivity contribution in [2.45, 2.75) is 13.8 Å². The van der Waals surface area contributed by atoms with E-state index in [0.717, 1.165) is 31.9 Å². The Morgan fingerprint density at radius 1 is 1.05 bits per heavy atom. The number of nitrogens with zero attached hydrogens (tertiary/aromatic N) is 3. The first-order chi connectivity index (χ1) is 10.1. The predicted octanol–water partition coefficient (Wildman–Crippen LogP) is 1.71. The van der Waals surface area contributed by atoms with E-state index in [9.17, 15) is 4.79 Å². The van der Waals surface area contributed by atoms with Gasteiger partial charge in [-0.05, 0) is 31.5 Å². The van der Waals surface area contributed by atoms with E-state index in [-0.39, 0.29) is 5.56 Å². The van der Waals surface area contributed by atoms with Crippen molar-refractivity contribution in [2.24, 2.45) is 0 Å². The molecule has 0 spiro atoms. The summed E-state index contributed by atoms with van der Waals surface area (Å²) in [6.07, 6.45) is 0. The Labute approximate surface area is 124 Å². The number of H-pyrrole nitrogens is 1. The van der Waals surface area contributed by atoms with Crippen molar-refractivity contribution in [2.75, 3.05) is 36.0 Å². The zero-order chi connectivity index (χ0) is 14.8. The second-order valence-corrected chi connectivity index (χ2v) is 5.52. The zero-order valence-corrected chi connectivity index (χ0v) is 12.5. The quantitative estimate of drug-likeness (QED) is 0.912. The molecule has 0 unspecified atom stereocenters. The maximum Gasteiger partial charge on any atom is 0.252 e. The largest absolute Gasteiger partial charge is 0.368 e. The number of benzene rings is 1. The van der Waals surface area contributed by atoms with Crippen LogP contribution >= 0.6 is 0 Å². The summed E-state index contributed by atoms with van der Waals surface area (Å²) in [5.41, 5.74) is 3.22. The standard InChI is InChI=1S/C16H20N4O/c1-12-4-3-5-14(10-12)19-6-8-20(9-7-19)16-17-13(2)11-15(21)18-16/h3-5,10-11H,6-9H2,1-2H3,(H,17,18,21). The number of hydrogen-bond acceptors (Lipinski definition) is 4. The average molecular weight is 284 g/mol. The van der Waals surface area contributed by atoms with Crippen molar-refractivity contribution in [1.29, 1.82) is 0 Å². The topological polar surface area (TPSA) is 52.2 Å². The molecular weight excluding hydrogens is 264 g/mol. The van der Waals surface area contributed by atoms with Crippen LogP contribution in [-0.4, -0.2) is 36.1 Å². The van der Waals surface area contributed by atoms with Gasteiger partial charge in [-0.2, -0.15) is 0 Å². The van der Waals surface area contributed by atoms with Crippen molar-refractivity contribution in [3.63, 3.8) is 0 Å². The van der Waals surface area contributed by atoms with E-state index in [1.54, 1.807) is 0 Å². The van der Waals surface area contributed by atoms with Crippen molar-refractivity contribution in [3.8, 4) is 0 Å². The van der Waals surface area contributed by atoms with Crippen LogP contribution in [0.3, 0.4) is 0 Å². The van der Waals surface area contributed by atoms with Gasteiger partial charge in [0.1, 0.15) is 0 Å². The maximum absolute atomic E-state index is 11.5. The minimum absolute atomic E-state index is 0.0846. The number of anilines is 2. The molecule has 0 aliphatic carbocycles. The normalized spacial score (nSPS) is 15.3. The van der Waals surface area contributed by atoms with Crippen molar-refractivity contribution in [1.82, 2.24) is 9.97 Å². The molecule has 1 saturated heterocycles. The number of aromatic nitrogens is 2. The Morgan fingerprint density at radius 2 is 1.76 bits per heavy atom. The molecule has 1 aliphatic heterocycles. The van der Waals surface area contributed by atoms with Gasteiger partial charge in [0.2, 0.25) is 5.95 Å². The van der Waals surface area contributed by atoms with Crippen molar-refractivity contribution < 1.29 is 0 Å². The summed E-state index contributed by atoms with van der Waals surface area (Å²) in [6, 6.07) is 10.1. The Kier molecular flexibility index (Phi) is 3.64. The molecule has 1 aliphatic rings. The molecule has 0 amide bonds. The molecule has 110 valence electrons. The van der Waals surface area contributed by atoms with Gasteiger partial charge in [-0.15, -0.1) is 0 Å². The number of nitrogens with one attached hydrogen (secondary N) is 1. The van der Waals surface area contributed by atoms with Gasteiger partial charge in [0, 0.05) is 43.6 Å². The van der Waals surface area contributed by atoms with Gasteiger partial charge >= 0.3 is 0 Å². The van der Waals surface area contributed by atoms with E-state index in [0.29, 0.717) is 5.95 Å². The highest BCUT2D eigenvalue weighted by atomic mass is 16.1. The van der Waals surface area contributed by atoms with E-state index in [1.807, 2.05) is 6.92 Å². The fourth-order valence-corrected chi connectivity index (χ4v) is 2.71. The molecule has 2 aromatic rings. The number of piperazine rings is 1.